The van der Waals surface area contributed by atoms with Crippen LogP contribution >= 0.6 is 43.2 Å². The Morgan fingerprint density at radius 3 is 2.47 bits per heavy atom. The van der Waals surface area contributed by atoms with Gasteiger partial charge in [-0.15, -0.1) is 11.3 Å². The molecule has 0 aliphatic rings. The van der Waals surface area contributed by atoms with Gasteiger partial charge in [-0.3, -0.25) is 0 Å². The normalized spacial score (nSPS) is 13.0. The van der Waals surface area contributed by atoms with Gasteiger partial charge in [0.15, 0.2) is 0 Å². The summed E-state index contributed by atoms with van der Waals surface area (Å²) in [5.74, 6) is 0. The number of aromatic amines is 2. The molecule has 1 atom stereocenters. The van der Waals surface area contributed by atoms with Gasteiger partial charge in [-0.05, 0) is 39.5 Å². The Morgan fingerprint density at radius 1 is 1.16 bits per heavy atom. The number of aromatic nitrogens is 2. The van der Waals surface area contributed by atoms with Crippen LogP contribution in [0.4, 0.5) is 0 Å². The molecule has 3 N–H and O–H groups in total. The molecule has 1 aromatic carbocycles. The van der Waals surface area contributed by atoms with E-state index in [0.717, 1.165) is 13.8 Å². The van der Waals surface area contributed by atoms with Crippen molar-refractivity contribution >= 4 is 54.2 Å². The summed E-state index contributed by atoms with van der Waals surface area (Å²) in [5, 5.41) is 12.4. The van der Waals surface area contributed by atoms with E-state index >= 15 is 0 Å². The first-order chi connectivity index (χ1) is 9.06. The zero-order chi connectivity index (χ0) is 13.6. The second kappa shape index (κ2) is 4.90. The monoisotopic (exact) mass is 402 g/mol. The van der Waals surface area contributed by atoms with E-state index in [9.17, 15) is 9.90 Å². The number of imidazole rings is 1. The zero-order valence-corrected chi connectivity index (χ0v) is 13.4. The number of nitrogens with one attached hydrogen (secondary N) is 2. The van der Waals surface area contributed by atoms with Crippen LogP contribution in [0.1, 0.15) is 16.5 Å². The first-order valence-corrected chi connectivity index (χ1v) is 7.85. The topological polar surface area (TPSA) is 68.9 Å². The molecule has 3 aromatic rings. The molecule has 2 heterocycles. The van der Waals surface area contributed by atoms with Crippen LogP contribution in [-0.2, 0) is 0 Å². The molecule has 1 unspecified atom stereocenters. The minimum atomic E-state index is -0.744. The van der Waals surface area contributed by atoms with Gasteiger partial charge >= 0.3 is 5.69 Å². The number of benzene rings is 1. The van der Waals surface area contributed by atoms with Gasteiger partial charge in [0.05, 0.1) is 15.9 Å². The standard InChI is InChI=1S/C12H8Br2N2O2S/c13-6-1-2-19-11(6)10(17)5-3-8-9(4-7(5)14)16-12(18)15-8/h1-4,10,17H,(H2,15,16,18). The van der Waals surface area contributed by atoms with E-state index in [1.54, 1.807) is 12.1 Å². The Morgan fingerprint density at radius 2 is 1.84 bits per heavy atom. The molecule has 0 aliphatic heterocycles. The Balaban J connectivity index is 2.16. The maximum Gasteiger partial charge on any atom is 0.323 e. The van der Waals surface area contributed by atoms with Crippen molar-refractivity contribution in [2.45, 2.75) is 6.10 Å². The molecule has 0 amide bonds. The fourth-order valence-corrected chi connectivity index (χ4v) is 4.08. The number of hydrogen-bond donors (Lipinski definition) is 3. The highest BCUT2D eigenvalue weighted by Crippen LogP contribution is 2.36. The second-order valence-corrected chi connectivity index (χ2v) is 6.69. The number of halogens is 2. The maximum absolute atomic E-state index is 11.3. The SMILES string of the molecule is O=c1[nH]c2cc(Br)c(C(O)c3sccc3Br)cc2[nH]1. The van der Waals surface area contributed by atoms with Crippen molar-refractivity contribution in [2.75, 3.05) is 0 Å². The van der Waals surface area contributed by atoms with Crippen LogP contribution in [0, 0.1) is 0 Å². The number of hydrogen-bond acceptors (Lipinski definition) is 3. The average Bonchev–Trinajstić information content (AvgIpc) is 2.92. The van der Waals surface area contributed by atoms with E-state index in [4.69, 9.17) is 0 Å². The van der Waals surface area contributed by atoms with Crippen LogP contribution < -0.4 is 5.69 Å². The van der Waals surface area contributed by atoms with E-state index < -0.39 is 6.10 Å². The largest absolute Gasteiger partial charge is 0.383 e. The predicted octanol–water partition coefficient (Wildman–Crippen LogP) is 3.52. The first kappa shape index (κ1) is 13.1. The number of thiophene rings is 1. The molecule has 3 rings (SSSR count). The number of aliphatic hydroxyl groups is 1. The fraction of sp³-hybridized carbons (Fsp3) is 0.0833. The third kappa shape index (κ3) is 2.31. The van der Waals surface area contributed by atoms with Gasteiger partial charge in [-0.2, -0.15) is 0 Å². The van der Waals surface area contributed by atoms with Gasteiger partial charge in [0.25, 0.3) is 0 Å². The van der Waals surface area contributed by atoms with Gasteiger partial charge in [-0.1, -0.05) is 15.9 Å². The molecule has 19 heavy (non-hydrogen) atoms. The van der Waals surface area contributed by atoms with Gasteiger partial charge in [0, 0.05) is 14.5 Å². The van der Waals surface area contributed by atoms with Gasteiger partial charge in [0.2, 0.25) is 0 Å². The molecule has 0 radical (unpaired) electrons. The summed E-state index contributed by atoms with van der Waals surface area (Å²) in [4.78, 5) is 17.5. The predicted molar refractivity (Wildman–Crippen MR) is 82.7 cm³/mol. The fourth-order valence-electron chi connectivity index (χ4n) is 1.92. The molecule has 0 fully saturated rings. The van der Waals surface area contributed by atoms with E-state index in [0.29, 0.717) is 16.6 Å². The number of rotatable bonds is 2. The third-order valence-electron chi connectivity index (χ3n) is 2.82. The highest BCUT2D eigenvalue weighted by atomic mass is 79.9. The minimum Gasteiger partial charge on any atom is -0.383 e. The molecule has 7 heteroatoms. The van der Waals surface area contributed by atoms with Crippen molar-refractivity contribution in [1.82, 2.24) is 9.97 Å². The molecule has 0 saturated carbocycles. The van der Waals surface area contributed by atoms with Crippen LogP contribution in [0.2, 0.25) is 0 Å². The number of aliphatic hydroxyl groups excluding tert-OH is 1. The summed E-state index contributed by atoms with van der Waals surface area (Å²) in [5.41, 5.74) is 1.84. The third-order valence-corrected chi connectivity index (χ3v) is 5.43. The van der Waals surface area contributed by atoms with Crippen molar-refractivity contribution in [1.29, 1.82) is 0 Å². The van der Waals surface area contributed by atoms with Crippen molar-refractivity contribution < 1.29 is 5.11 Å². The molecule has 0 spiro atoms. The van der Waals surface area contributed by atoms with E-state index in [1.807, 2.05) is 11.4 Å². The summed E-state index contributed by atoms with van der Waals surface area (Å²) in [6, 6.07) is 5.45. The van der Waals surface area contributed by atoms with Crippen LogP contribution in [0.5, 0.6) is 0 Å². The summed E-state index contributed by atoms with van der Waals surface area (Å²) in [6.45, 7) is 0. The number of H-pyrrole nitrogens is 2. The summed E-state index contributed by atoms with van der Waals surface area (Å²) in [7, 11) is 0. The number of fused-ring (bicyclic) bond motifs is 1. The van der Waals surface area contributed by atoms with Crippen molar-refractivity contribution in [2.24, 2.45) is 0 Å². The van der Waals surface area contributed by atoms with Crippen LogP contribution in [0.25, 0.3) is 11.0 Å². The lowest BCUT2D eigenvalue weighted by Gasteiger charge is -2.12. The van der Waals surface area contributed by atoms with Crippen molar-refractivity contribution in [3.05, 3.63) is 53.4 Å². The van der Waals surface area contributed by atoms with Gasteiger partial charge in [0.1, 0.15) is 6.10 Å². The lowest BCUT2D eigenvalue weighted by atomic mass is 10.1. The molecule has 0 saturated heterocycles. The lowest BCUT2D eigenvalue weighted by Crippen LogP contribution is -1.99. The Labute approximate surface area is 128 Å². The second-order valence-electron chi connectivity index (χ2n) is 4.03. The van der Waals surface area contributed by atoms with Crippen LogP contribution in [0.3, 0.4) is 0 Å². The van der Waals surface area contributed by atoms with Crippen LogP contribution in [-0.4, -0.2) is 15.1 Å². The summed E-state index contributed by atoms with van der Waals surface area (Å²) >= 11 is 8.32. The average molecular weight is 404 g/mol. The Bertz CT molecular complexity index is 806. The summed E-state index contributed by atoms with van der Waals surface area (Å²) < 4.78 is 1.63. The molecule has 0 aliphatic carbocycles. The Hall–Kier alpha value is -0.890. The highest BCUT2D eigenvalue weighted by Gasteiger charge is 2.19. The maximum atomic E-state index is 11.3. The van der Waals surface area contributed by atoms with Crippen LogP contribution in [0.15, 0.2) is 37.3 Å². The molecule has 4 nitrogen and oxygen atoms in total. The first-order valence-electron chi connectivity index (χ1n) is 5.38. The Kier molecular flexibility index (Phi) is 3.38. The molecule has 0 bridgehead atoms. The summed E-state index contributed by atoms with van der Waals surface area (Å²) in [6.07, 6.45) is -0.744. The highest BCUT2D eigenvalue weighted by molar-refractivity contribution is 9.10. The van der Waals surface area contributed by atoms with Gasteiger partial charge < -0.3 is 15.1 Å². The minimum absolute atomic E-state index is 0.258. The van der Waals surface area contributed by atoms with Gasteiger partial charge in [-0.25, -0.2) is 4.79 Å². The lowest BCUT2D eigenvalue weighted by molar-refractivity contribution is 0.223. The zero-order valence-electron chi connectivity index (χ0n) is 9.41. The van der Waals surface area contributed by atoms with Crippen molar-refractivity contribution in [3.63, 3.8) is 0 Å². The molecular weight excluding hydrogens is 396 g/mol. The smallest absolute Gasteiger partial charge is 0.323 e. The molecule has 98 valence electrons. The van der Waals surface area contributed by atoms with E-state index in [1.165, 1.54) is 11.3 Å². The quantitative estimate of drug-likeness (QED) is 0.612. The molecular formula is C12H8Br2N2O2S. The van der Waals surface area contributed by atoms with Crippen molar-refractivity contribution in [3.8, 4) is 0 Å². The van der Waals surface area contributed by atoms with E-state index in [2.05, 4.69) is 41.8 Å². The van der Waals surface area contributed by atoms with E-state index in [-0.39, 0.29) is 5.69 Å². The molecule has 2 aromatic heterocycles.